The molecule has 2 aromatic carbocycles. The second-order valence-electron chi connectivity index (χ2n) is 4.61. The Morgan fingerprint density at radius 3 is 2.57 bits per heavy atom. The molecule has 2 aromatic rings. The maximum atomic E-state index is 11.9. The van der Waals surface area contributed by atoms with Gasteiger partial charge in [-0.15, -0.1) is 0 Å². The number of benzene rings is 2. The number of carbonyl (C=O) groups excluding carboxylic acids is 1. The predicted molar refractivity (Wildman–Crippen MR) is 87.8 cm³/mol. The molecule has 4 heteroatoms. The minimum atomic E-state index is 0.00388. The number of Topliss-reactive ketones (excluding diaryl/α,β-unsaturated/α-hetero) is 1. The van der Waals surface area contributed by atoms with E-state index in [1.807, 2.05) is 53.4 Å². The van der Waals surface area contributed by atoms with Gasteiger partial charge in [-0.25, -0.2) is 0 Å². The number of ketones is 1. The van der Waals surface area contributed by atoms with E-state index >= 15 is 0 Å². The van der Waals surface area contributed by atoms with Crippen LogP contribution in [0, 0.1) is 11.3 Å². The van der Waals surface area contributed by atoms with Gasteiger partial charge in [-0.1, -0.05) is 34.1 Å². The van der Waals surface area contributed by atoms with Crippen LogP contribution in [-0.2, 0) is 0 Å². The number of hydrogen-bond donors (Lipinski definition) is 0. The molecule has 0 aromatic heterocycles. The number of anilines is 2. The smallest absolute Gasteiger partial charge is 0.161 e. The summed E-state index contributed by atoms with van der Waals surface area (Å²) in [6, 6.07) is 17.6. The average Bonchev–Trinajstić information content (AvgIpc) is 2.49. The molecule has 0 saturated heterocycles. The highest BCUT2D eigenvalue weighted by atomic mass is 79.9. The van der Waals surface area contributed by atoms with Crippen LogP contribution in [0.4, 0.5) is 11.4 Å². The van der Waals surface area contributed by atoms with Gasteiger partial charge < -0.3 is 4.90 Å². The third-order valence-electron chi connectivity index (χ3n) is 3.14. The largest absolute Gasteiger partial charge is 0.340 e. The third kappa shape index (κ3) is 3.71. The molecule has 0 unspecified atom stereocenters. The van der Waals surface area contributed by atoms with E-state index in [0.29, 0.717) is 18.5 Å². The van der Waals surface area contributed by atoms with E-state index in [1.165, 1.54) is 0 Å². The average molecular weight is 343 g/mol. The van der Waals surface area contributed by atoms with Crippen LogP contribution < -0.4 is 4.90 Å². The van der Waals surface area contributed by atoms with Gasteiger partial charge in [0.2, 0.25) is 0 Å². The summed E-state index contributed by atoms with van der Waals surface area (Å²) in [5.41, 5.74) is 2.44. The fraction of sp³-hybridized carbons (Fsp3) is 0.176. The molecule has 0 aliphatic rings. The second kappa shape index (κ2) is 7.05. The number of halogens is 1. The molecule has 0 spiro atoms. The van der Waals surface area contributed by atoms with Crippen LogP contribution in [-0.4, -0.2) is 12.3 Å². The van der Waals surface area contributed by atoms with Crippen LogP contribution in [0.1, 0.15) is 23.7 Å². The quantitative estimate of drug-likeness (QED) is 0.739. The van der Waals surface area contributed by atoms with E-state index in [0.717, 1.165) is 15.8 Å². The van der Waals surface area contributed by atoms with Crippen LogP contribution in [0.25, 0.3) is 0 Å². The van der Waals surface area contributed by atoms with Crippen molar-refractivity contribution in [3.63, 3.8) is 0 Å². The zero-order valence-corrected chi connectivity index (χ0v) is 13.3. The maximum Gasteiger partial charge on any atom is 0.161 e. The topological polar surface area (TPSA) is 44.1 Å². The van der Waals surface area contributed by atoms with Gasteiger partial charge in [0, 0.05) is 22.3 Å². The Labute approximate surface area is 132 Å². The standard InChI is InChI=1S/C17H15BrN2O/c1-13(21)16-12-14(18)8-9-17(16)20(11-5-10-19)15-6-3-2-4-7-15/h2-4,6-9,12H,5,11H2,1H3. The molecule has 0 aliphatic carbocycles. The fourth-order valence-electron chi connectivity index (χ4n) is 2.18. The van der Waals surface area contributed by atoms with Crippen LogP contribution in [0.15, 0.2) is 53.0 Å². The molecule has 3 nitrogen and oxygen atoms in total. The van der Waals surface area contributed by atoms with Gasteiger partial charge in [0.1, 0.15) is 0 Å². The van der Waals surface area contributed by atoms with Gasteiger partial charge in [-0.05, 0) is 37.3 Å². The van der Waals surface area contributed by atoms with Gasteiger partial charge in [0.15, 0.2) is 5.78 Å². The van der Waals surface area contributed by atoms with E-state index < -0.39 is 0 Å². The first-order valence-corrected chi connectivity index (χ1v) is 7.43. The summed E-state index contributed by atoms with van der Waals surface area (Å²) in [6.07, 6.45) is 0.391. The van der Waals surface area contributed by atoms with Gasteiger partial charge in [0.25, 0.3) is 0 Å². The number of rotatable bonds is 5. The zero-order chi connectivity index (χ0) is 15.2. The van der Waals surface area contributed by atoms with E-state index in [2.05, 4.69) is 22.0 Å². The highest BCUT2D eigenvalue weighted by Crippen LogP contribution is 2.31. The third-order valence-corrected chi connectivity index (χ3v) is 3.64. The molecule has 21 heavy (non-hydrogen) atoms. The van der Waals surface area contributed by atoms with Crippen molar-refractivity contribution in [2.75, 3.05) is 11.4 Å². The SMILES string of the molecule is CC(=O)c1cc(Br)ccc1N(CCC#N)c1ccccc1. The summed E-state index contributed by atoms with van der Waals surface area (Å²) in [4.78, 5) is 13.9. The zero-order valence-electron chi connectivity index (χ0n) is 11.7. The van der Waals surface area contributed by atoms with E-state index in [4.69, 9.17) is 5.26 Å². The molecular weight excluding hydrogens is 328 g/mol. The van der Waals surface area contributed by atoms with Crippen molar-refractivity contribution in [1.29, 1.82) is 5.26 Å². The molecule has 106 valence electrons. The lowest BCUT2D eigenvalue weighted by molar-refractivity contribution is 0.101. The second-order valence-corrected chi connectivity index (χ2v) is 5.53. The molecule has 2 rings (SSSR count). The first-order valence-electron chi connectivity index (χ1n) is 6.63. The molecule has 0 atom stereocenters. The van der Waals surface area contributed by atoms with Crippen LogP contribution in [0.2, 0.25) is 0 Å². The van der Waals surface area contributed by atoms with Crippen molar-refractivity contribution < 1.29 is 4.79 Å². The molecule has 0 bridgehead atoms. The Balaban J connectivity index is 2.52. The predicted octanol–water partition coefficient (Wildman–Crippen LogP) is 4.70. The van der Waals surface area contributed by atoms with Crippen LogP contribution in [0.5, 0.6) is 0 Å². The van der Waals surface area contributed by atoms with Gasteiger partial charge in [-0.2, -0.15) is 5.26 Å². The van der Waals surface area contributed by atoms with E-state index in [9.17, 15) is 4.79 Å². The van der Waals surface area contributed by atoms with E-state index in [-0.39, 0.29) is 5.78 Å². The summed E-state index contributed by atoms with van der Waals surface area (Å²) in [6.45, 7) is 2.10. The van der Waals surface area contributed by atoms with Crippen molar-refractivity contribution in [2.45, 2.75) is 13.3 Å². The van der Waals surface area contributed by atoms with Crippen molar-refractivity contribution in [3.05, 3.63) is 58.6 Å². The Kier molecular flexibility index (Phi) is 5.13. The highest BCUT2D eigenvalue weighted by Gasteiger charge is 2.16. The number of nitrogens with zero attached hydrogens (tertiary/aromatic N) is 2. The molecule has 0 heterocycles. The van der Waals surface area contributed by atoms with Crippen molar-refractivity contribution >= 4 is 33.1 Å². The minimum absolute atomic E-state index is 0.00388. The lowest BCUT2D eigenvalue weighted by Gasteiger charge is -2.26. The van der Waals surface area contributed by atoms with Crippen molar-refractivity contribution in [2.24, 2.45) is 0 Å². The monoisotopic (exact) mass is 342 g/mol. The van der Waals surface area contributed by atoms with Gasteiger partial charge in [0.05, 0.1) is 18.2 Å². The summed E-state index contributed by atoms with van der Waals surface area (Å²) in [5, 5.41) is 8.88. The highest BCUT2D eigenvalue weighted by molar-refractivity contribution is 9.10. The fourth-order valence-corrected chi connectivity index (χ4v) is 2.55. The molecule has 0 fully saturated rings. The molecule has 0 aliphatic heterocycles. The first-order chi connectivity index (χ1) is 10.1. The summed E-state index contributed by atoms with van der Waals surface area (Å²) >= 11 is 3.40. The van der Waals surface area contributed by atoms with E-state index in [1.54, 1.807) is 6.92 Å². The summed E-state index contributed by atoms with van der Waals surface area (Å²) < 4.78 is 0.866. The Bertz CT molecular complexity index is 677. The van der Waals surface area contributed by atoms with Crippen molar-refractivity contribution in [3.8, 4) is 6.07 Å². The lowest BCUT2D eigenvalue weighted by atomic mass is 10.1. The number of carbonyl (C=O) groups is 1. The number of hydrogen-bond acceptors (Lipinski definition) is 3. The molecule has 0 radical (unpaired) electrons. The molecule has 0 amide bonds. The Hall–Kier alpha value is -2.12. The Morgan fingerprint density at radius 2 is 1.95 bits per heavy atom. The summed E-state index contributed by atoms with van der Waals surface area (Å²) in [7, 11) is 0. The molecule has 0 N–H and O–H groups in total. The number of para-hydroxylation sites is 1. The van der Waals surface area contributed by atoms with Crippen LogP contribution in [0.3, 0.4) is 0 Å². The minimum Gasteiger partial charge on any atom is -0.340 e. The molecular formula is C17H15BrN2O. The number of nitriles is 1. The van der Waals surface area contributed by atoms with Gasteiger partial charge >= 0.3 is 0 Å². The van der Waals surface area contributed by atoms with Crippen LogP contribution >= 0.6 is 15.9 Å². The van der Waals surface area contributed by atoms with Crippen molar-refractivity contribution in [1.82, 2.24) is 0 Å². The summed E-state index contributed by atoms with van der Waals surface area (Å²) in [5.74, 6) is 0.00388. The Morgan fingerprint density at radius 1 is 1.24 bits per heavy atom. The normalized spacial score (nSPS) is 9.95. The lowest BCUT2D eigenvalue weighted by Crippen LogP contribution is -2.20. The first kappa shape index (κ1) is 15.3. The van der Waals surface area contributed by atoms with Gasteiger partial charge in [-0.3, -0.25) is 4.79 Å². The molecule has 0 saturated carbocycles. The maximum absolute atomic E-state index is 11.9.